The first-order chi connectivity index (χ1) is 13.4. The maximum Gasteiger partial charge on any atom is 0.157 e. The van der Waals surface area contributed by atoms with Gasteiger partial charge in [0.1, 0.15) is 5.82 Å². The predicted molar refractivity (Wildman–Crippen MR) is 109 cm³/mol. The highest BCUT2D eigenvalue weighted by molar-refractivity contribution is 5.65. The second-order valence-electron chi connectivity index (χ2n) is 7.25. The van der Waals surface area contributed by atoms with Crippen molar-refractivity contribution in [3.8, 4) is 11.3 Å². The average molecular weight is 364 g/mol. The van der Waals surface area contributed by atoms with Crippen molar-refractivity contribution in [2.24, 2.45) is 0 Å². The number of aromatic nitrogens is 4. The van der Waals surface area contributed by atoms with Crippen LogP contribution in [-0.2, 0) is 0 Å². The fourth-order valence-corrected chi connectivity index (χ4v) is 3.75. The van der Waals surface area contributed by atoms with Crippen LogP contribution < -0.4 is 5.32 Å². The molecule has 0 saturated carbocycles. The molecule has 0 unspecified atom stereocenters. The lowest BCUT2D eigenvalue weighted by molar-refractivity contribution is 0.280. The van der Waals surface area contributed by atoms with Crippen molar-refractivity contribution >= 4 is 11.5 Å². The molecule has 4 rings (SSSR count). The molecule has 0 radical (unpaired) electrons. The average Bonchev–Trinajstić information content (AvgIpc) is 3.04. The zero-order valence-corrected chi connectivity index (χ0v) is 15.8. The fourth-order valence-electron chi connectivity index (χ4n) is 3.75. The Balaban J connectivity index is 1.36. The van der Waals surface area contributed by atoms with Gasteiger partial charge < -0.3 is 10.2 Å². The first-order valence-corrected chi connectivity index (χ1v) is 10.1. The quantitative estimate of drug-likeness (QED) is 0.645. The molecular weight excluding hydrogens is 336 g/mol. The Hall–Kier alpha value is -2.47. The van der Waals surface area contributed by atoms with Crippen molar-refractivity contribution < 1.29 is 0 Å². The van der Waals surface area contributed by atoms with Gasteiger partial charge in [-0.25, -0.2) is 4.98 Å². The van der Waals surface area contributed by atoms with Crippen molar-refractivity contribution in [2.75, 3.05) is 31.5 Å². The van der Waals surface area contributed by atoms with Crippen molar-refractivity contribution in [2.45, 2.75) is 38.5 Å². The van der Waals surface area contributed by atoms with E-state index < -0.39 is 0 Å². The first kappa shape index (κ1) is 17.9. The van der Waals surface area contributed by atoms with E-state index >= 15 is 0 Å². The molecule has 1 fully saturated rings. The molecule has 0 aliphatic carbocycles. The number of pyridine rings is 1. The van der Waals surface area contributed by atoms with Gasteiger partial charge >= 0.3 is 0 Å². The molecule has 6 heteroatoms. The van der Waals surface area contributed by atoms with E-state index in [1.807, 2.05) is 22.7 Å². The molecule has 1 aliphatic rings. The van der Waals surface area contributed by atoms with Crippen LogP contribution in [0.3, 0.4) is 0 Å². The van der Waals surface area contributed by atoms with Crippen molar-refractivity contribution in [1.82, 2.24) is 24.5 Å². The zero-order chi connectivity index (χ0) is 18.3. The van der Waals surface area contributed by atoms with Gasteiger partial charge in [0.25, 0.3) is 0 Å². The molecule has 0 amide bonds. The van der Waals surface area contributed by atoms with E-state index in [1.54, 1.807) is 18.6 Å². The highest BCUT2D eigenvalue weighted by Crippen LogP contribution is 2.21. The monoisotopic (exact) mass is 364 g/mol. The van der Waals surface area contributed by atoms with Gasteiger partial charge in [0.05, 0.1) is 11.9 Å². The summed E-state index contributed by atoms with van der Waals surface area (Å²) in [5, 5.41) is 7.97. The van der Waals surface area contributed by atoms with Crippen molar-refractivity contribution in [1.29, 1.82) is 0 Å². The number of hydrogen-bond donors (Lipinski definition) is 1. The molecule has 0 aromatic carbocycles. The summed E-state index contributed by atoms with van der Waals surface area (Å²) >= 11 is 0. The minimum Gasteiger partial charge on any atom is -0.370 e. The van der Waals surface area contributed by atoms with Gasteiger partial charge in [0.2, 0.25) is 0 Å². The fraction of sp³-hybridized carbons (Fsp3) is 0.476. The van der Waals surface area contributed by atoms with Crippen LogP contribution in [0.1, 0.15) is 38.5 Å². The van der Waals surface area contributed by atoms with E-state index in [2.05, 4.69) is 26.4 Å². The van der Waals surface area contributed by atoms with Crippen molar-refractivity contribution in [3.05, 3.63) is 42.9 Å². The summed E-state index contributed by atoms with van der Waals surface area (Å²) in [6.07, 6.45) is 13.3. The van der Waals surface area contributed by atoms with Gasteiger partial charge in [-0.1, -0.05) is 12.8 Å². The number of nitrogens with one attached hydrogen (secondary N) is 1. The standard InChI is InChI=1S/C21H28N6/c1-2-5-15-26(14-4-1)16-6-3-10-23-21-17-19(18-7-11-22-12-8-18)25-20-9-13-24-27(20)21/h7-9,11-13,17,23H,1-6,10,14-16H2. The summed E-state index contributed by atoms with van der Waals surface area (Å²) < 4.78 is 1.87. The Kier molecular flexibility index (Phi) is 5.94. The summed E-state index contributed by atoms with van der Waals surface area (Å²) in [5.41, 5.74) is 2.87. The molecule has 0 spiro atoms. The van der Waals surface area contributed by atoms with E-state index in [0.29, 0.717) is 0 Å². The van der Waals surface area contributed by atoms with Gasteiger partial charge in [-0.15, -0.1) is 0 Å². The third-order valence-electron chi connectivity index (χ3n) is 5.24. The Morgan fingerprint density at radius 1 is 0.926 bits per heavy atom. The Labute approximate surface area is 160 Å². The third-order valence-corrected chi connectivity index (χ3v) is 5.24. The molecule has 3 aromatic heterocycles. The maximum atomic E-state index is 4.71. The highest BCUT2D eigenvalue weighted by Gasteiger charge is 2.09. The summed E-state index contributed by atoms with van der Waals surface area (Å²) in [6, 6.07) is 7.99. The Morgan fingerprint density at radius 2 is 1.74 bits per heavy atom. The van der Waals surface area contributed by atoms with Gasteiger partial charge in [-0.3, -0.25) is 4.98 Å². The summed E-state index contributed by atoms with van der Waals surface area (Å²) in [6.45, 7) is 4.72. The molecular formula is C21H28N6. The first-order valence-electron chi connectivity index (χ1n) is 10.1. The molecule has 3 aromatic rings. The third kappa shape index (κ3) is 4.63. The van der Waals surface area contributed by atoms with E-state index in [0.717, 1.165) is 35.7 Å². The Bertz CT molecular complexity index is 836. The normalized spacial score (nSPS) is 15.7. The summed E-state index contributed by atoms with van der Waals surface area (Å²) in [5.74, 6) is 0.992. The second-order valence-corrected chi connectivity index (χ2v) is 7.25. The van der Waals surface area contributed by atoms with Crippen LogP contribution in [-0.4, -0.2) is 50.7 Å². The number of fused-ring (bicyclic) bond motifs is 1. The van der Waals surface area contributed by atoms with Gasteiger partial charge in [0, 0.05) is 36.6 Å². The number of rotatable bonds is 7. The Morgan fingerprint density at radius 3 is 2.56 bits per heavy atom. The lowest BCUT2D eigenvalue weighted by Gasteiger charge is -2.19. The van der Waals surface area contributed by atoms with E-state index in [-0.39, 0.29) is 0 Å². The van der Waals surface area contributed by atoms with E-state index in [9.17, 15) is 0 Å². The molecule has 0 atom stereocenters. The van der Waals surface area contributed by atoms with Crippen molar-refractivity contribution in [3.63, 3.8) is 0 Å². The molecule has 27 heavy (non-hydrogen) atoms. The molecule has 1 N–H and O–H groups in total. The number of likely N-dealkylation sites (tertiary alicyclic amines) is 1. The van der Waals surface area contributed by atoms with Gasteiger partial charge in [-0.05, 0) is 57.5 Å². The van der Waals surface area contributed by atoms with Crippen LogP contribution in [0.5, 0.6) is 0 Å². The number of anilines is 1. The van der Waals surface area contributed by atoms with Crippen LogP contribution >= 0.6 is 0 Å². The summed E-state index contributed by atoms with van der Waals surface area (Å²) in [4.78, 5) is 11.4. The number of hydrogen-bond acceptors (Lipinski definition) is 5. The van der Waals surface area contributed by atoms with E-state index in [4.69, 9.17) is 4.98 Å². The van der Waals surface area contributed by atoms with Crippen LogP contribution in [0.4, 0.5) is 5.82 Å². The van der Waals surface area contributed by atoms with Gasteiger partial charge in [-0.2, -0.15) is 9.61 Å². The maximum absolute atomic E-state index is 4.71. The van der Waals surface area contributed by atoms with Crippen LogP contribution in [0.15, 0.2) is 42.9 Å². The molecule has 1 aliphatic heterocycles. The minimum absolute atomic E-state index is 0.858. The molecule has 0 bridgehead atoms. The topological polar surface area (TPSA) is 58.4 Å². The van der Waals surface area contributed by atoms with Gasteiger partial charge in [0.15, 0.2) is 5.65 Å². The molecule has 1 saturated heterocycles. The lowest BCUT2D eigenvalue weighted by atomic mass is 10.2. The smallest absolute Gasteiger partial charge is 0.157 e. The van der Waals surface area contributed by atoms with E-state index in [1.165, 1.54) is 51.7 Å². The van der Waals surface area contributed by atoms with Crippen LogP contribution in [0.25, 0.3) is 16.9 Å². The van der Waals surface area contributed by atoms with Crippen LogP contribution in [0, 0.1) is 0 Å². The number of nitrogens with zero attached hydrogens (tertiary/aromatic N) is 5. The zero-order valence-electron chi connectivity index (χ0n) is 15.8. The summed E-state index contributed by atoms with van der Waals surface area (Å²) in [7, 11) is 0. The van der Waals surface area contributed by atoms with Crippen LogP contribution in [0.2, 0.25) is 0 Å². The lowest BCUT2D eigenvalue weighted by Crippen LogP contribution is -2.26. The second kappa shape index (κ2) is 8.95. The highest BCUT2D eigenvalue weighted by atomic mass is 15.3. The minimum atomic E-state index is 0.858. The predicted octanol–water partition coefficient (Wildman–Crippen LogP) is 3.86. The molecule has 4 heterocycles. The molecule has 142 valence electrons. The number of unbranched alkanes of at least 4 members (excludes halogenated alkanes) is 1. The molecule has 6 nitrogen and oxygen atoms in total. The SMILES string of the molecule is c1cc(-c2cc(NCCCCN3CCCCCC3)n3nccc3n2)ccn1. The largest absolute Gasteiger partial charge is 0.370 e.